The number of thiophene rings is 1. The number of ether oxygens (including phenoxy) is 1. The van der Waals surface area contributed by atoms with Crippen LogP contribution in [0.2, 0.25) is 0 Å². The monoisotopic (exact) mass is 350 g/mol. The van der Waals surface area contributed by atoms with Crippen molar-refractivity contribution < 1.29 is 4.74 Å². The van der Waals surface area contributed by atoms with Crippen molar-refractivity contribution in [1.29, 1.82) is 0 Å². The van der Waals surface area contributed by atoms with Gasteiger partial charge in [0.25, 0.3) is 0 Å². The molecule has 1 atom stereocenters. The van der Waals surface area contributed by atoms with Crippen molar-refractivity contribution in [2.75, 3.05) is 39.8 Å². The average molecular weight is 351 g/mol. The Hall–Kier alpha value is -0.420. The van der Waals surface area contributed by atoms with Gasteiger partial charge in [0.15, 0.2) is 0 Å². The predicted molar refractivity (Wildman–Crippen MR) is 103 cm³/mol. The van der Waals surface area contributed by atoms with Crippen LogP contribution in [0.15, 0.2) is 12.1 Å². The summed E-state index contributed by atoms with van der Waals surface area (Å²) in [5.41, 5.74) is 0. The standard InChI is InChI=1S/C20H34N2OS/c1-21(12-8-15-22-13-5-2-3-6-14-22)17-18-10-11-20(24-18)19-9-4-7-16-23-19/h10-11,19H,2-9,12-17H2,1H3. The van der Waals surface area contributed by atoms with Crippen LogP contribution in [0.25, 0.3) is 0 Å². The lowest BCUT2D eigenvalue weighted by Gasteiger charge is -2.22. The molecule has 136 valence electrons. The van der Waals surface area contributed by atoms with E-state index in [1.807, 2.05) is 11.3 Å². The van der Waals surface area contributed by atoms with Gasteiger partial charge in [-0.1, -0.05) is 12.8 Å². The van der Waals surface area contributed by atoms with Crippen LogP contribution in [0.3, 0.4) is 0 Å². The van der Waals surface area contributed by atoms with Crippen molar-refractivity contribution in [2.24, 2.45) is 0 Å². The van der Waals surface area contributed by atoms with Gasteiger partial charge in [-0.05, 0) is 83.9 Å². The van der Waals surface area contributed by atoms with Crippen LogP contribution in [0.5, 0.6) is 0 Å². The molecule has 2 saturated heterocycles. The van der Waals surface area contributed by atoms with Gasteiger partial charge < -0.3 is 14.5 Å². The second-order valence-electron chi connectivity index (χ2n) is 7.51. The van der Waals surface area contributed by atoms with Crippen molar-refractivity contribution in [3.8, 4) is 0 Å². The minimum atomic E-state index is 0.367. The smallest absolute Gasteiger partial charge is 0.0916 e. The van der Waals surface area contributed by atoms with E-state index in [1.54, 1.807) is 0 Å². The Morgan fingerprint density at radius 1 is 1.12 bits per heavy atom. The van der Waals surface area contributed by atoms with Crippen LogP contribution >= 0.6 is 11.3 Å². The zero-order valence-corrected chi connectivity index (χ0v) is 16.2. The quantitative estimate of drug-likeness (QED) is 0.709. The molecule has 2 aliphatic rings. The van der Waals surface area contributed by atoms with E-state index in [4.69, 9.17) is 4.74 Å². The van der Waals surface area contributed by atoms with E-state index in [9.17, 15) is 0 Å². The van der Waals surface area contributed by atoms with Crippen LogP contribution < -0.4 is 0 Å². The van der Waals surface area contributed by atoms with E-state index in [1.165, 1.54) is 87.3 Å². The Balaban J connectivity index is 1.36. The Morgan fingerprint density at radius 2 is 1.96 bits per heavy atom. The zero-order chi connectivity index (χ0) is 16.6. The second-order valence-corrected chi connectivity index (χ2v) is 8.71. The average Bonchev–Trinajstić information content (AvgIpc) is 2.90. The van der Waals surface area contributed by atoms with Crippen LogP contribution in [0.1, 0.15) is 67.2 Å². The first-order valence-electron chi connectivity index (χ1n) is 9.92. The third-order valence-corrected chi connectivity index (χ3v) is 6.48. The van der Waals surface area contributed by atoms with Gasteiger partial charge >= 0.3 is 0 Å². The molecular formula is C20H34N2OS. The Labute approximate surface area is 152 Å². The second kappa shape index (κ2) is 9.91. The van der Waals surface area contributed by atoms with Gasteiger partial charge in [0.05, 0.1) is 6.10 Å². The fraction of sp³-hybridized carbons (Fsp3) is 0.800. The van der Waals surface area contributed by atoms with Crippen molar-refractivity contribution in [2.45, 2.75) is 64.0 Å². The van der Waals surface area contributed by atoms with E-state index in [0.29, 0.717) is 6.10 Å². The molecular weight excluding hydrogens is 316 g/mol. The number of hydrogen-bond acceptors (Lipinski definition) is 4. The van der Waals surface area contributed by atoms with Crippen molar-refractivity contribution in [3.63, 3.8) is 0 Å². The Morgan fingerprint density at radius 3 is 2.71 bits per heavy atom. The van der Waals surface area contributed by atoms with Crippen molar-refractivity contribution >= 4 is 11.3 Å². The summed E-state index contributed by atoms with van der Waals surface area (Å²) in [5, 5.41) is 0. The first-order valence-corrected chi connectivity index (χ1v) is 10.7. The summed E-state index contributed by atoms with van der Waals surface area (Å²) >= 11 is 1.95. The summed E-state index contributed by atoms with van der Waals surface area (Å²) < 4.78 is 5.92. The summed E-state index contributed by atoms with van der Waals surface area (Å²) in [6.07, 6.45) is 11.1. The first kappa shape index (κ1) is 18.4. The molecule has 4 heteroatoms. The molecule has 0 spiro atoms. The van der Waals surface area contributed by atoms with E-state index >= 15 is 0 Å². The molecule has 0 amide bonds. The van der Waals surface area contributed by atoms with Gasteiger partial charge in [-0.25, -0.2) is 0 Å². The molecule has 1 unspecified atom stereocenters. The molecule has 0 radical (unpaired) electrons. The van der Waals surface area contributed by atoms with Crippen molar-refractivity contribution in [3.05, 3.63) is 21.9 Å². The minimum Gasteiger partial charge on any atom is -0.373 e. The molecule has 0 bridgehead atoms. The van der Waals surface area contributed by atoms with Gasteiger partial charge in [0.2, 0.25) is 0 Å². The number of rotatable bonds is 7. The summed E-state index contributed by atoms with van der Waals surface area (Å²) in [6.45, 7) is 7.13. The lowest BCUT2D eigenvalue weighted by molar-refractivity contribution is 0.0172. The lowest BCUT2D eigenvalue weighted by Crippen LogP contribution is -2.29. The maximum absolute atomic E-state index is 5.92. The van der Waals surface area contributed by atoms with Gasteiger partial charge in [0, 0.05) is 22.9 Å². The molecule has 1 aromatic rings. The zero-order valence-electron chi connectivity index (χ0n) is 15.3. The third-order valence-electron chi connectivity index (χ3n) is 5.32. The Bertz CT molecular complexity index is 462. The molecule has 0 N–H and O–H groups in total. The number of hydrogen-bond donors (Lipinski definition) is 0. The number of nitrogens with zero attached hydrogens (tertiary/aromatic N) is 2. The SMILES string of the molecule is CN(CCCN1CCCCCC1)Cc1ccc(C2CCCCO2)s1. The van der Waals surface area contributed by atoms with Crippen LogP contribution in [0.4, 0.5) is 0 Å². The van der Waals surface area contributed by atoms with Gasteiger partial charge in [-0.3, -0.25) is 0 Å². The maximum atomic E-state index is 5.92. The predicted octanol–water partition coefficient (Wildman–Crippen LogP) is 4.69. The van der Waals surface area contributed by atoms with Gasteiger partial charge in [-0.2, -0.15) is 0 Å². The van der Waals surface area contributed by atoms with Gasteiger partial charge in [0.1, 0.15) is 0 Å². The molecule has 0 aliphatic carbocycles. The largest absolute Gasteiger partial charge is 0.373 e. The normalized spacial score (nSPS) is 23.5. The summed E-state index contributed by atoms with van der Waals surface area (Å²) in [7, 11) is 2.26. The highest BCUT2D eigenvalue weighted by Crippen LogP contribution is 2.32. The van der Waals surface area contributed by atoms with Gasteiger partial charge in [-0.15, -0.1) is 11.3 Å². The highest BCUT2D eigenvalue weighted by atomic mass is 32.1. The fourth-order valence-electron chi connectivity index (χ4n) is 3.89. The summed E-state index contributed by atoms with van der Waals surface area (Å²) in [5.74, 6) is 0. The Kier molecular flexibility index (Phi) is 7.58. The first-order chi connectivity index (χ1) is 11.8. The molecule has 3 heterocycles. The van der Waals surface area contributed by atoms with E-state index < -0.39 is 0 Å². The molecule has 3 nitrogen and oxygen atoms in total. The molecule has 3 rings (SSSR count). The van der Waals surface area contributed by atoms with Crippen LogP contribution in [-0.2, 0) is 11.3 Å². The van der Waals surface area contributed by atoms with E-state index in [2.05, 4.69) is 29.0 Å². The fourth-order valence-corrected chi connectivity index (χ4v) is 5.06. The van der Waals surface area contributed by atoms with E-state index in [-0.39, 0.29) is 0 Å². The topological polar surface area (TPSA) is 15.7 Å². The summed E-state index contributed by atoms with van der Waals surface area (Å²) in [4.78, 5) is 8.07. The maximum Gasteiger partial charge on any atom is 0.0916 e. The van der Waals surface area contributed by atoms with Crippen LogP contribution in [0, 0.1) is 0 Å². The molecule has 0 aromatic carbocycles. The third kappa shape index (κ3) is 5.83. The van der Waals surface area contributed by atoms with Crippen molar-refractivity contribution in [1.82, 2.24) is 9.80 Å². The highest BCUT2D eigenvalue weighted by molar-refractivity contribution is 7.12. The molecule has 2 aliphatic heterocycles. The van der Waals surface area contributed by atoms with Crippen LogP contribution in [-0.4, -0.2) is 49.6 Å². The number of likely N-dealkylation sites (tertiary alicyclic amines) is 1. The highest BCUT2D eigenvalue weighted by Gasteiger charge is 2.18. The minimum absolute atomic E-state index is 0.367. The lowest BCUT2D eigenvalue weighted by atomic mass is 10.1. The molecule has 1 aromatic heterocycles. The molecule has 2 fully saturated rings. The molecule has 0 saturated carbocycles. The molecule has 24 heavy (non-hydrogen) atoms. The summed E-state index contributed by atoms with van der Waals surface area (Å²) in [6, 6.07) is 4.60. The van der Waals surface area contributed by atoms with E-state index in [0.717, 1.165) is 13.2 Å².